The van der Waals surface area contributed by atoms with Gasteiger partial charge in [0.15, 0.2) is 0 Å². The van der Waals surface area contributed by atoms with Crippen LogP contribution in [0.15, 0.2) is 40.1 Å². The Labute approximate surface area is 184 Å². The van der Waals surface area contributed by atoms with E-state index < -0.39 is 24.0 Å². The predicted molar refractivity (Wildman–Crippen MR) is 112 cm³/mol. The second-order valence-electron chi connectivity index (χ2n) is 6.91. The van der Waals surface area contributed by atoms with Gasteiger partial charge in [0, 0.05) is 0 Å². The molecule has 1 atom stereocenters. The monoisotopic (exact) mass is 443 g/mol. The topological polar surface area (TPSA) is 129 Å². The molecule has 10 nitrogen and oxygen atoms in total. The summed E-state index contributed by atoms with van der Waals surface area (Å²) in [7, 11) is 1.54. The molecule has 1 aromatic carbocycles. The third kappa shape index (κ3) is 4.74. The Morgan fingerprint density at radius 3 is 2.47 bits per heavy atom. The summed E-state index contributed by atoms with van der Waals surface area (Å²) in [4.78, 5) is 37.8. The van der Waals surface area contributed by atoms with Crippen molar-refractivity contribution in [3.8, 4) is 5.75 Å². The highest BCUT2D eigenvalue weighted by Gasteiger charge is 2.34. The molecule has 1 aliphatic rings. The first kappa shape index (κ1) is 22.9. The maximum Gasteiger partial charge on any atom is 0.344 e. The van der Waals surface area contributed by atoms with E-state index in [0.29, 0.717) is 29.2 Å². The number of carbonyl (C=O) groups excluding carboxylic acids is 3. The van der Waals surface area contributed by atoms with E-state index in [1.165, 1.54) is 0 Å². The van der Waals surface area contributed by atoms with Crippen LogP contribution in [0.5, 0.6) is 5.75 Å². The van der Waals surface area contributed by atoms with Gasteiger partial charge >= 0.3 is 18.0 Å². The van der Waals surface area contributed by atoms with E-state index in [9.17, 15) is 14.4 Å². The zero-order valence-electron chi connectivity index (χ0n) is 18.3. The number of nitrogens with one attached hydrogen (secondary N) is 2. The number of rotatable bonds is 8. The normalized spacial score (nSPS) is 15.6. The average Bonchev–Trinajstić information content (AvgIpc) is 3.17. The van der Waals surface area contributed by atoms with E-state index in [4.69, 9.17) is 18.7 Å². The van der Waals surface area contributed by atoms with Gasteiger partial charge in [-0.05, 0) is 38.0 Å². The molecule has 0 aliphatic carbocycles. The lowest BCUT2D eigenvalue weighted by atomic mass is 9.95. The maximum absolute atomic E-state index is 12.8. The molecule has 1 aliphatic heterocycles. The molecule has 0 bridgehead atoms. The lowest BCUT2D eigenvalue weighted by molar-refractivity contribution is -0.139. The van der Waals surface area contributed by atoms with Gasteiger partial charge in [-0.15, -0.1) is 0 Å². The smallest absolute Gasteiger partial charge is 0.344 e. The molecule has 0 saturated carbocycles. The molecule has 32 heavy (non-hydrogen) atoms. The first-order chi connectivity index (χ1) is 15.4. The maximum atomic E-state index is 12.8. The molecule has 3 rings (SSSR count). The van der Waals surface area contributed by atoms with Crippen molar-refractivity contribution >= 4 is 18.0 Å². The fourth-order valence-electron chi connectivity index (χ4n) is 3.36. The molecule has 2 aromatic rings. The number of carbonyl (C=O) groups is 3. The number of nitrogens with zero attached hydrogens (tertiary/aromatic N) is 1. The van der Waals surface area contributed by atoms with Crippen LogP contribution < -0.4 is 15.4 Å². The fraction of sp³-hybridized carbons (Fsp3) is 0.364. The summed E-state index contributed by atoms with van der Waals surface area (Å²) in [5.41, 5.74) is 1.61. The van der Waals surface area contributed by atoms with Crippen LogP contribution in [0.25, 0.3) is 0 Å². The van der Waals surface area contributed by atoms with Gasteiger partial charge in [0.2, 0.25) is 0 Å². The molecule has 1 aromatic heterocycles. The minimum absolute atomic E-state index is 0.133. The number of amides is 2. The van der Waals surface area contributed by atoms with Gasteiger partial charge in [-0.25, -0.2) is 14.4 Å². The molecule has 0 fully saturated rings. The average molecular weight is 443 g/mol. The Kier molecular flexibility index (Phi) is 7.14. The highest BCUT2D eigenvalue weighted by Crippen LogP contribution is 2.29. The SMILES string of the molecule is CCOC(=O)C1=C(COC(=O)c2c(CC)noc2C)NC(=O)NC1c1ccc(OC)cc1. The molecule has 1 unspecified atom stereocenters. The summed E-state index contributed by atoms with van der Waals surface area (Å²) >= 11 is 0. The highest BCUT2D eigenvalue weighted by molar-refractivity contribution is 5.96. The third-order valence-electron chi connectivity index (χ3n) is 4.92. The zero-order valence-corrected chi connectivity index (χ0v) is 18.3. The van der Waals surface area contributed by atoms with Crippen molar-refractivity contribution in [2.45, 2.75) is 33.2 Å². The predicted octanol–water partition coefficient (Wildman–Crippen LogP) is 2.58. The number of ether oxygens (including phenoxy) is 3. The number of esters is 2. The summed E-state index contributed by atoms with van der Waals surface area (Å²) in [5.74, 6) is -0.343. The highest BCUT2D eigenvalue weighted by atomic mass is 16.5. The van der Waals surface area contributed by atoms with Crippen LogP contribution in [-0.4, -0.2) is 43.4 Å². The van der Waals surface area contributed by atoms with E-state index in [-0.39, 0.29) is 30.0 Å². The second kappa shape index (κ2) is 9.99. The van der Waals surface area contributed by atoms with Crippen molar-refractivity contribution < 1.29 is 33.1 Å². The molecule has 10 heteroatoms. The van der Waals surface area contributed by atoms with Gasteiger partial charge in [0.05, 0.1) is 36.7 Å². The Morgan fingerprint density at radius 2 is 1.84 bits per heavy atom. The summed E-state index contributed by atoms with van der Waals surface area (Å²) in [6.45, 7) is 4.91. The van der Waals surface area contributed by atoms with Crippen molar-refractivity contribution in [3.63, 3.8) is 0 Å². The Balaban J connectivity index is 1.94. The number of benzene rings is 1. The Hall–Kier alpha value is -3.82. The van der Waals surface area contributed by atoms with Crippen LogP contribution in [0.3, 0.4) is 0 Å². The van der Waals surface area contributed by atoms with E-state index in [0.717, 1.165) is 0 Å². The molecular formula is C22H25N3O7. The van der Waals surface area contributed by atoms with E-state index in [1.54, 1.807) is 45.2 Å². The number of aryl methyl sites for hydroxylation is 2. The Morgan fingerprint density at radius 1 is 1.12 bits per heavy atom. The number of hydrogen-bond donors (Lipinski definition) is 2. The van der Waals surface area contributed by atoms with Gasteiger partial charge in [-0.3, -0.25) is 0 Å². The zero-order chi connectivity index (χ0) is 23.3. The van der Waals surface area contributed by atoms with Gasteiger partial charge in [0.25, 0.3) is 0 Å². The van der Waals surface area contributed by atoms with E-state index in [1.807, 2.05) is 6.92 Å². The molecule has 2 heterocycles. The first-order valence-corrected chi connectivity index (χ1v) is 10.1. The molecule has 0 spiro atoms. The van der Waals surface area contributed by atoms with E-state index >= 15 is 0 Å². The minimum Gasteiger partial charge on any atom is -0.497 e. The molecule has 2 N–H and O–H groups in total. The lowest BCUT2D eigenvalue weighted by Gasteiger charge is -2.29. The molecule has 2 amide bonds. The van der Waals surface area contributed by atoms with Crippen molar-refractivity contribution in [2.24, 2.45) is 0 Å². The third-order valence-corrected chi connectivity index (χ3v) is 4.92. The Bertz CT molecular complexity index is 1040. The van der Waals surface area contributed by atoms with Crippen LogP contribution in [0.4, 0.5) is 4.79 Å². The van der Waals surface area contributed by atoms with Crippen molar-refractivity contribution in [2.75, 3.05) is 20.3 Å². The van der Waals surface area contributed by atoms with Gasteiger partial charge in [-0.2, -0.15) is 0 Å². The van der Waals surface area contributed by atoms with Gasteiger partial charge in [0.1, 0.15) is 23.7 Å². The van der Waals surface area contributed by atoms with E-state index in [2.05, 4.69) is 15.8 Å². The van der Waals surface area contributed by atoms with Crippen LogP contribution in [-0.2, 0) is 20.7 Å². The van der Waals surface area contributed by atoms with Crippen LogP contribution in [0, 0.1) is 6.92 Å². The number of urea groups is 1. The molecule has 0 saturated heterocycles. The standard InChI is InChI=1S/C22H25N3O7/c1-5-15-17(12(3)32-25-15)20(26)31-11-16-18(21(27)30-6-2)19(24-22(28)23-16)13-7-9-14(29-4)10-8-13/h7-10,19H,5-6,11H2,1-4H3,(H2,23,24,28). The number of aromatic nitrogens is 1. The van der Waals surface area contributed by atoms with Crippen molar-refractivity contribution in [1.82, 2.24) is 15.8 Å². The van der Waals surface area contributed by atoms with Crippen LogP contribution in [0.2, 0.25) is 0 Å². The largest absolute Gasteiger partial charge is 0.497 e. The number of hydrogen-bond acceptors (Lipinski definition) is 8. The first-order valence-electron chi connectivity index (χ1n) is 10.1. The summed E-state index contributed by atoms with van der Waals surface area (Å²) < 4.78 is 20.9. The lowest BCUT2D eigenvalue weighted by Crippen LogP contribution is -2.47. The minimum atomic E-state index is -0.800. The molecule has 170 valence electrons. The van der Waals surface area contributed by atoms with Crippen molar-refractivity contribution in [1.29, 1.82) is 0 Å². The quantitative estimate of drug-likeness (QED) is 0.596. The summed E-state index contributed by atoms with van der Waals surface area (Å²) in [6, 6.07) is 5.55. The van der Waals surface area contributed by atoms with Crippen molar-refractivity contribution in [3.05, 3.63) is 58.1 Å². The molecule has 0 radical (unpaired) electrons. The van der Waals surface area contributed by atoms with Crippen LogP contribution >= 0.6 is 0 Å². The fourth-order valence-corrected chi connectivity index (χ4v) is 3.36. The summed E-state index contributed by atoms with van der Waals surface area (Å²) in [5, 5.41) is 9.12. The summed E-state index contributed by atoms with van der Waals surface area (Å²) in [6.07, 6.45) is 0.485. The van der Waals surface area contributed by atoms with Gasteiger partial charge < -0.3 is 29.4 Å². The number of methoxy groups -OCH3 is 1. The second-order valence-corrected chi connectivity index (χ2v) is 6.91. The molecular weight excluding hydrogens is 418 g/mol. The van der Waals surface area contributed by atoms with Crippen LogP contribution in [0.1, 0.15) is 47.3 Å². The van der Waals surface area contributed by atoms with Gasteiger partial charge in [-0.1, -0.05) is 24.2 Å².